The lowest BCUT2D eigenvalue weighted by Crippen LogP contribution is -2.46. The molecule has 0 aromatic carbocycles. The van der Waals surface area contributed by atoms with E-state index in [0.717, 1.165) is 6.42 Å². The van der Waals surface area contributed by atoms with Gasteiger partial charge in [-0.3, -0.25) is 4.79 Å². The van der Waals surface area contributed by atoms with Crippen molar-refractivity contribution in [2.45, 2.75) is 32.4 Å². The topological polar surface area (TPSA) is 82.8 Å². The van der Waals surface area contributed by atoms with Crippen LogP contribution < -0.4 is 5.32 Å². The number of nitrogens with one attached hydrogen (secondary N) is 1. The number of hydrogen-bond acceptors (Lipinski definition) is 4. The zero-order valence-corrected chi connectivity index (χ0v) is 11.1. The molecule has 1 unspecified atom stereocenters. The molecule has 1 atom stereocenters. The lowest BCUT2D eigenvalue weighted by atomic mass is 10.1. The first-order chi connectivity index (χ1) is 8.97. The van der Waals surface area contributed by atoms with Gasteiger partial charge in [-0.05, 0) is 19.4 Å². The first kappa shape index (κ1) is 13.6. The van der Waals surface area contributed by atoms with Crippen LogP contribution in [0.2, 0.25) is 0 Å². The number of likely N-dealkylation sites (tertiary alicyclic amines) is 1. The van der Waals surface area contributed by atoms with Crippen LogP contribution in [-0.4, -0.2) is 41.5 Å². The highest BCUT2D eigenvalue weighted by Gasteiger charge is 2.22. The highest BCUT2D eigenvalue weighted by atomic mass is 16.4. The van der Waals surface area contributed by atoms with E-state index in [4.69, 9.17) is 9.52 Å². The molecule has 1 aliphatic rings. The van der Waals surface area contributed by atoms with Gasteiger partial charge < -0.3 is 19.7 Å². The number of furan rings is 1. The van der Waals surface area contributed by atoms with Crippen LogP contribution in [0.5, 0.6) is 0 Å². The first-order valence-electron chi connectivity index (χ1n) is 6.27. The Balaban J connectivity index is 1.90. The van der Waals surface area contributed by atoms with Gasteiger partial charge in [0.25, 0.3) is 0 Å². The molecular formula is C13H18N2O4. The van der Waals surface area contributed by atoms with Crippen molar-refractivity contribution in [1.29, 1.82) is 0 Å². The van der Waals surface area contributed by atoms with E-state index in [-0.39, 0.29) is 17.5 Å². The molecular weight excluding hydrogens is 248 g/mol. The number of piperidine rings is 1. The van der Waals surface area contributed by atoms with Crippen LogP contribution >= 0.6 is 0 Å². The quantitative estimate of drug-likeness (QED) is 0.849. The van der Waals surface area contributed by atoms with Crippen molar-refractivity contribution < 1.29 is 19.1 Å². The molecule has 0 saturated carbocycles. The standard InChI is InChI=1S/C13H18N2O4/c1-8-11(13(17)18)5-10(19-8)6-14-9-3-4-12(16)15(2)7-9/h5,9,14H,3-4,6-7H2,1-2H3,(H,17,18). The van der Waals surface area contributed by atoms with Gasteiger partial charge in [0.2, 0.25) is 5.91 Å². The van der Waals surface area contributed by atoms with Gasteiger partial charge >= 0.3 is 5.97 Å². The van der Waals surface area contributed by atoms with E-state index in [1.165, 1.54) is 0 Å². The molecule has 6 nitrogen and oxygen atoms in total. The van der Waals surface area contributed by atoms with Crippen molar-refractivity contribution in [2.75, 3.05) is 13.6 Å². The molecule has 0 aliphatic carbocycles. The molecule has 6 heteroatoms. The normalized spacial score (nSPS) is 19.8. The molecule has 104 valence electrons. The molecule has 1 aliphatic heterocycles. The third kappa shape index (κ3) is 3.14. The average Bonchev–Trinajstić information content (AvgIpc) is 2.72. The Kier molecular flexibility index (Phi) is 3.90. The number of carbonyl (C=O) groups is 2. The van der Waals surface area contributed by atoms with Crippen molar-refractivity contribution >= 4 is 11.9 Å². The Morgan fingerprint density at radius 3 is 2.95 bits per heavy atom. The van der Waals surface area contributed by atoms with Gasteiger partial charge in [0.1, 0.15) is 17.1 Å². The molecule has 1 amide bonds. The van der Waals surface area contributed by atoms with E-state index in [2.05, 4.69) is 5.32 Å². The Morgan fingerprint density at radius 1 is 1.63 bits per heavy atom. The number of hydrogen-bond donors (Lipinski definition) is 2. The second kappa shape index (κ2) is 5.44. The monoisotopic (exact) mass is 266 g/mol. The number of carboxylic acids is 1. The summed E-state index contributed by atoms with van der Waals surface area (Å²) in [4.78, 5) is 24.0. The number of likely N-dealkylation sites (N-methyl/N-ethyl adjacent to an activating group) is 1. The number of aryl methyl sites for hydroxylation is 1. The van der Waals surface area contributed by atoms with Crippen molar-refractivity contribution in [3.8, 4) is 0 Å². The van der Waals surface area contributed by atoms with Crippen LogP contribution in [0.25, 0.3) is 0 Å². The number of carboxylic acid groups (broad SMARTS) is 1. The highest BCUT2D eigenvalue weighted by molar-refractivity contribution is 5.88. The summed E-state index contributed by atoms with van der Waals surface area (Å²) in [6.07, 6.45) is 1.35. The molecule has 1 aromatic heterocycles. The van der Waals surface area contributed by atoms with E-state index in [0.29, 0.717) is 31.0 Å². The molecule has 1 saturated heterocycles. The lowest BCUT2D eigenvalue weighted by Gasteiger charge is -2.30. The largest absolute Gasteiger partial charge is 0.478 e. The van der Waals surface area contributed by atoms with Gasteiger partial charge in [-0.15, -0.1) is 0 Å². The third-order valence-corrected chi connectivity index (χ3v) is 3.39. The molecule has 2 N–H and O–H groups in total. The Labute approximate surface area is 111 Å². The smallest absolute Gasteiger partial charge is 0.339 e. The summed E-state index contributed by atoms with van der Waals surface area (Å²) in [7, 11) is 1.79. The second-order valence-corrected chi connectivity index (χ2v) is 4.88. The number of nitrogens with zero attached hydrogens (tertiary/aromatic N) is 1. The van der Waals surface area contributed by atoms with Gasteiger partial charge in [-0.2, -0.15) is 0 Å². The number of rotatable bonds is 4. The van der Waals surface area contributed by atoms with E-state index in [9.17, 15) is 9.59 Å². The predicted octanol–water partition coefficient (Wildman–Crippen LogP) is 0.997. The minimum Gasteiger partial charge on any atom is -0.478 e. The summed E-state index contributed by atoms with van der Waals surface area (Å²) in [5.41, 5.74) is 0.202. The Bertz CT molecular complexity index is 495. The fourth-order valence-electron chi connectivity index (χ4n) is 2.27. The minimum absolute atomic E-state index is 0.167. The van der Waals surface area contributed by atoms with Crippen molar-refractivity contribution in [3.63, 3.8) is 0 Å². The molecule has 1 fully saturated rings. The fourth-order valence-corrected chi connectivity index (χ4v) is 2.27. The molecule has 0 bridgehead atoms. The molecule has 0 spiro atoms. The zero-order valence-electron chi connectivity index (χ0n) is 11.1. The highest BCUT2D eigenvalue weighted by Crippen LogP contribution is 2.16. The minimum atomic E-state index is -0.976. The van der Waals surface area contributed by atoms with E-state index >= 15 is 0 Å². The van der Waals surface area contributed by atoms with Crippen LogP contribution in [0.15, 0.2) is 10.5 Å². The Morgan fingerprint density at radius 2 is 2.37 bits per heavy atom. The van der Waals surface area contributed by atoms with E-state index in [1.807, 2.05) is 0 Å². The molecule has 0 radical (unpaired) electrons. The maximum absolute atomic E-state index is 11.4. The van der Waals surface area contributed by atoms with Crippen molar-refractivity contribution in [1.82, 2.24) is 10.2 Å². The van der Waals surface area contributed by atoms with Crippen LogP contribution in [-0.2, 0) is 11.3 Å². The average molecular weight is 266 g/mol. The predicted molar refractivity (Wildman–Crippen MR) is 67.9 cm³/mol. The number of carbonyl (C=O) groups excluding carboxylic acids is 1. The van der Waals surface area contributed by atoms with Crippen LogP contribution in [0.4, 0.5) is 0 Å². The summed E-state index contributed by atoms with van der Waals surface area (Å²) in [5.74, 6) is 0.213. The number of amides is 1. The fraction of sp³-hybridized carbons (Fsp3) is 0.538. The SMILES string of the molecule is Cc1oc(CNC2CCC(=O)N(C)C2)cc1C(=O)O. The number of aromatic carboxylic acids is 1. The van der Waals surface area contributed by atoms with E-state index < -0.39 is 5.97 Å². The van der Waals surface area contributed by atoms with Crippen LogP contribution in [0.1, 0.15) is 34.7 Å². The lowest BCUT2D eigenvalue weighted by molar-refractivity contribution is -0.132. The van der Waals surface area contributed by atoms with Crippen LogP contribution in [0.3, 0.4) is 0 Å². The summed E-state index contributed by atoms with van der Waals surface area (Å²) in [6.45, 7) is 2.78. The summed E-state index contributed by atoms with van der Waals surface area (Å²) >= 11 is 0. The van der Waals surface area contributed by atoms with E-state index in [1.54, 1.807) is 24.9 Å². The molecule has 19 heavy (non-hydrogen) atoms. The van der Waals surface area contributed by atoms with Gasteiger partial charge in [-0.25, -0.2) is 4.79 Å². The maximum Gasteiger partial charge on any atom is 0.339 e. The molecule has 1 aromatic rings. The van der Waals surface area contributed by atoms with Crippen molar-refractivity contribution in [3.05, 3.63) is 23.2 Å². The van der Waals surface area contributed by atoms with Crippen LogP contribution in [0, 0.1) is 6.92 Å². The first-order valence-corrected chi connectivity index (χ1v) is 6.27. The maximum atomic E-state index is 11.4. The van der Waals surface area contributed by atoms with Gasteiger partial charge in [0.05, 0.1) is 6.54 Å². The summed E-state index contributed by atoms with van der Waals surface area (Å²) in [6, 6.07) is 1.77. The molecule has 2 heterocycles. The van der Waals surface area contributed by atoms with Gasteiger partial charge in [-0.1, -0.05) is 0 Å². The third-order valence-electron chi connectivity index (χ3n) is 3.39. The van der Waals surface area contributed by atoms with Gasteiger partial charge in [0.15, 0.2) is 0 Å². The van der Waals surface area contributed by atoms with Gasteiger partial charge in [0, 0.05) is 26.1 Å². The summed E-state index contributed by atoms with van der Waals surface area (Å²) in [5, 5.41) is 12.2. The zero-order chi connectivity index (χ0) is 14.0. The Hall–Kier alpha value is -1.82. The van der Waals surface area contributed by atoms with Crippen molar-refractivity contribution in [2.24, 2.45) is 0 Å². The second-order valence-electron chi connectivity index (χ2n) is 4.88. The summed E-state index contributed by atoms with van der Waals surface area (Å²) < 4.78 is 5.39. The molecule has 2 rings (SSSR count).